The SMILES string of the molecule is [2H]c1c(Cl)cc(N(c2ccc3c(c2)C(C)(C)CCC3(C)C)c2ccc3c(c2)C(C)(C)CCC3(C)C)c([2H])c1[2H]. The van der Waals surface area contributed by atoms with Crippen molar-refractivity contribution in [1.29, 1.82) is 0 Å². The first-order valence-corrected chi connectivity index (χ1v) is 13.7. The highest BCUT2D eigenvalue weighted by Crippen LogP contribution is 2.50. The van der Waals surface area contributed by atoms with Gasteiger partial charge in [0.25, 0.3) is 0 Å². The molecule has 190 valence electrons. The van der Waals surface area contributed by atoms with Crippen LogP contribution in [0.3, 0.4) is 0 Å². The summed E-state index contributed by atoms with van der Waals surface area (Å²) >= 11 is 6.49. The third-order valence-electron chi connectivity index (χ3n) is 9.07. The van der Waals surface area contributed by atoms with Crippen LogP contribution in [0.2, 0.25) is 5.02 Å². The minimum absolute atomic E-state index is 0.0130. The van der Waals surface area contributed by atoms with Crippen LogP contribution in [0, 0.1) is 0 Å². The zero-order chi connectivity index (χ0) is 28.7. The fourth-order valence-corrected chi connectivity index (χ4v) is 6.48. The molecule has 0 unspecified atom stereocenters. The first-order chi connectivity index (χ1) is 18.0. The molecule has 0 amide bonds. The molecule has 2 aliphatic rings. The molecule has 3 aromatic rings. The van der Waals surface area contributed by atoms with Gasteiger partial charge in [0.1, 0.15) is 0 Å². The molecule has 0 spiro atoms. The predicted molar refractivity (Wildman–Crippen MR) is 157 cm³/mol. The van der Waals surface area contributed by atoms with Gasteiger partial charge in [0, 0.05) is 22.1 Å². The lowest BCUT2D eigenvalue weighted by Crippen LogP contribution is -2.34. The van der Waals surface area contributed by atoms with Gasteiger partial charge in [-0.05, 0) is 112 Å². The summed E-state index contributed by atoms with van der Waals surface area (Å²) in [7, 11) is 0. The molecule has 2 heteroatoms. The Hall–Kier alpha value is -2.25. The molecule has 0 aliphatic heterocycles. The Bertz CT molecular complexity index is 1390. The normalized spacial score (nSPS) is 22.0. The van der Waals surface area contributed by atoms with Crippen LogP contribution in [-0.4, -0.2) is 0 Å². The quantitative estimate of drug-likeness (QED) is 0.344. The lowest BCUT2D eigenvalue weighted by atomic mass is 9.63. The average molecular weight is 503 g/mol. The minimum atomic E-state index is -0.152. The molecule has 0 heterocycles. The van der Waals surface area contributed by atoms with Gasteiger partial charge in [0.05, 0.1) is 4.11 Å². The predicted octanol–water partition coefficient (Wildman–Crippen LogP) is 10.5. The maximum Gasteiger partial charge on any atom is 0.0645 e. The van der Waals surface area contributed by atoms with E-state index in [4.69, 9.17) is 15.7 Å². The van der Waals surface area contributed by atoms with E-state index in [1.165, 1.54) is 22.3 Å². The molecule has 3 aromatic carbocycles. The topological polar surface area (TPSA) is 3.24 Å². The van der Waals surface area contributed by atoms with Crippen molar-refractivity contribution >= 4 is 28.7 Å². The molecule has 0 bridgehead atoms. The van der Waals surface area contributed by atoms with Crippen molar-refractivity contribution < 1.29 is 4.11 Å². The van der Waals surface area contributed by atoms with Gasteiger partial charge < -0.3 is 4.90 Å². The summed E-state index contributed by atoms with van der Waals surface area (Å²) in [4.78, 5) is 2.08. The second-order valence-electron chi connectivity index (χ2n) is 13.6. The Morgan fingerprint density at radius 1 is 0.583 bits per heavy atom. The molecule has 0 saturated heterocycles. The summed E-state index contributed by atoms with van der Waals surface area (Å²) in [5, 5.41) is 0.190. The Morgan fingerprint density at radius 3 is 1.44 bits per heavy atom. The average Bonchev–Trinajstić information content (AvgIpc) is 2.87. The molecule has 2 aliphatic carbocycles. The van der Waals surface area contributed by atoms with Crippen LogP contribution >= 0.6 is 11.6 Å². The number of hydrogen-bond acceptors (Lipinski definition) is 1. The zero-order valence-corrected chi connectivity index (χ0v) is 24.0. The zero-order valence-electron chi connectivity index (χ0n) is 26.2. The number of fused-ring (bicyclic) bond motifs is 2. The van der Waals surface area contributed by atoms with Crippen molar-refractivity contribution in [3.63, 3.8) is 0 Å². The molecule has 1 nitrogen and oxygen atoms in total. The molecule has 5 rings (SSSR count). The van der Waals surface area contributed by atoms with E-state index >= 15 is 0 Å². The molecule has 0 saturated carbocycles. The van der Waals surface area contributed by atoms with Crippen molar-refractivity contribution in [3.8, 4) is 0 Å². The molecule has 0 atom stereocenters. The van der Waals surface area contributed by atoms with E-state index in [2.05, 4.69) is 96.7 Å². The Morgan fingerprint density at radius 2 is 1.00 bits per heavy atom. The summed E-state index contributed by atoms with van der Waals surface area (Å²) in [6.45, 7) is 18.6. The number of nitrogens with zero attached hydrogens (tertiary/aromatic N) is 1. The van der Waals surface area contributed by atoms with Crippen molar-refractivity contribution in [1.82, 2.24) is 0 Å². The van der Waals surface area contributed by atoms with Gasteiger partial charge in [-0.2, -0.15) is 0 Å². The van der Waals surface area contributed by atoms with Crippen LogP contribution in [0.1, 0.15) is 107 Å². The van der Waals surface area contributed by atoms with Crippen molar-refractivity contribution in [3.05, 3.63) is 87.9 Å². The third-order valence-corrected chi connectivity index (χ3v) is 9.27. The van der Waals surface area contributed by atoms with Gasteiger partial charge in [-0.25, -0.2) is 0 Å². The van der Waals surface area contributed by atoms with Crippen LogP contribution in [0.4, 0.5) is 17.1 Å². The Labute approximate surface area is 228 Å². The van der Waals surface area contributed by atoms with Crippen LogP contribution in [-0.2, 0) is 21.7 Å². The number of anilines is 3. The van der Waals surface area contributed by atoms with Gasteiger partial charge in [-0.3, -0.25) is 0 Å². The summed E-state index contributed by atoms with van der Waals surface area (Å²) in [5.74, 6) is 0. The van der Waals surface area contributed by atoms with Crippen LogP contribution < -0.4 is 4.90 Å². The highest BCUT2D eigenvalue weighted by molar-refractivity contribution is 6.30. The van der Waals surface area contributed by atoms with Gasteiger partial charge in [-0.1, -0.05) is 85.2 Å². The fraction of sp³-hybridized carbons (Fsp3) is 0.471. The first kappa shape index (κ1) is 21.8. The van der Waals surface area contributed by atoms with Crippen molar-refractivity contribution in [2.75, 3.05) is 4.90 Å². The van der Waals surface area contributed by atoms with E-state index < -0.39 is 0 Å². The highest BCUT2D eigenvalue weighted by atomic mass is 35.5. The lowest BCUT2D eigenvalue weighted by molar-refractivity contribution is 0.332. The molecule has 0 N–H and O–H groups in total. The third kappa shape index (κ3) is 4.28. The van der Waals surface area contributed by atoms with Gasteiger partial charge in [-0.15, -0.1) is 0 Å². The second-order valence-corrected chi connectivity index (χ2v) is 14.0. The molecular formula is C34H42ClN. The van der Waals surface area contributed by atoms with Crippen LogP contribution in [0.25, 0.3) is 0 Å². The maximum absolute atomic E-state index is 8.91. The van der Waals surface area contributed by atoms with E-state index in [1.807, 2.05) is 0 Å². The molecule has 0 aromatic heterocycles. The number of halogens is 1. The summed E-state index contributed by atoms with van der Waals surface area (Å²) in [6, 6.07) is 14.8. The summed E-state index contributed by atoms with van der Waals surface area (Å²) in [6.07, 6.45) is 4.51. The Balaban J connectivity index is 1.80. The van der Waals surface area contributed by atoms with E-state index in [0.717, 1.165) is 37.1 Å². The van der Waals surface area contributed by atoms with Gasteiger partial charge >= 0.3 is 0 Å². The first-order valence-electron chi connectivity index (χ1n) is 14.8. The fourth-order valence-electron chi connectivity index (χ4n) is 6.33. The van der Waals surface area contributed by atoms with Crippen molar-refractivity contribution in [2.45, 2.75) is 103 Å². The molecule has 0 radical (unpaired) electrons. The number of hydrogen-bond donors (Lipinski definition) is 0. The highest BCUT2D eigenvalue weighted by Gasteiger charge is 2.39. The van der Waals surface area contributed by atoms with E-state index in [-0.39, 0.29) is 44.8 Å². The monoisotopic (exact) mass is 502 g/mol. The minimum Gasteiger partial charge on any atom is -0.310 e. The maximum atomic E-state index is 8.91. The largest absolute Gasteiger partial charge is 0.310 e. The van der Waals surface area contributed by atoms with E-state index in [9.17, 15) is 0 Å². The van der Waals surface area contributed by atoms with Gasteiger partial charge in [0.2, 0.25) is 0 Å². The number of benzene rings is 3. The van der Waals surface area contributed by atoms with Crippen LogP contribution in [0.15, 0.2) is 60.6 Å². The van der Waals surface area contributed by atoms with E-state index in [1.54, 1.807) is 6.07 Å². The van der Waals surface area contributed by atoms with Gasteiger partial charge in [0.15, 0.2) is 0 Å². The Kier molecular flexibility index (Phi) is 5.08. The smallest absolute Gasteiger partial charge is 0.0645 e. The second kappa shape index (κ2) is 8.38. The van der Waals surface area contributed by atoms with Crippen molar-refractivity contribution in [2.24, 2.45) is 0 Å². The van der Waals surface area contributed by atoms with Crippen LogP contribution in [0.5, 0.6) is 0 Å². The summed E-state index contributed by atoms with van der Waals surface area (Å²) < 4.78 is 25.6. The van der Waals surface area contributed by atoms with E-state index in [0.29, 0.717) is 5.69 Å². The lowest BCUT2D eigenvalue weighted by Gasteiger charge is -2.43. The molecule has 0 fully saturated rings. The summed E-state index contributed by atoms with van der Waals surface area (Å²) in [5.41, 5.74) is 8.11. The molecule has 36 heavy (non-hydrogen) atoms. The molecular weight excluding hydrogens is 458 g/mol. The number of rotatable bonds is 3. The standard InChI is InChI=1S/C34H42ClN/c1-31(2)16-18-33(5,6)29-21-25(12-14-27(29)31)36(24-11-9-10-23(35)20-24)26-13-15-28-30(22-26)34(7,8)19-17-32(28,3)4/h9-15,20-22H,16-19H2,1-8H3/i9D,10D,11D.